The van der Waals surface area contributed by atoms with Gasteiger partial charge in [-0.2, -0.15) is 0 Å². The molecule has 2 aromatic carbocycles. The Bertz CT molecular complexity index is 578. The molecule has 4 heteroatoms. The number of fused-ring (bicyclic) bond motifs is 1. The fourth-order valence-corrected chi connectivity index (χ4v) is 1.82. The van der Waals surface area contributed by atoms with E-state index in [2.05, 4.69) is 0 Å². The molecule has 0 amide bonds. The van der Waals surface area contributed by atoms with Gasteiger partial charge in [0.25, 0.3) is 0 Å². The molecule has 3 nitrogen and oxygen atoms in total. The van der Waals surface area contributed by atoms with E-state index in [0.29, 0.717) is 11.1 Å². The standard InChI is InChI=1S/C13H11BO3/c1-17-12-6-10(11(15)7-14)13(16)9-5-3-2-4-8(9)12/h2-6,16H,7H2,1H3. The lowest BCUT2D eigenvalue weighted by Crippen LogP contribution is -2.00. The number of benzene rings is 2. The molecule has 17 heavy (non-hydrogen) atoms. The van der Waals surface area contributed by atoms with E-state index in [9.17, 15) is 9.90 Å². The van der Waals surface area contributed by atoms with Crippen molar-refractivity contribution in [1.29, 1.82) is 0 Å². The Hall–Kier alpha value is -1.97. The van der Waals surface area contributed by atoms with E-state index < -0.39 is 0 Å². The van der Waals surface area contributed by atoms with E-state index in [4.69, 9.17) is 12.6 Å². The molecule has 0 aliphatic heterocycles. The quantitative estimate of drug-likeness (QED) is 0.645. The smallest absolute Gasteiger partial charge is 0.158 e. The van der Waals surface area contributed by atoms with Crippen LogP contribution in [-0.2, 0) is 0 Å². The fraction of sp³-hybridized carbons (Fsp3) is 0.154. The molecule has 2 radical (unpaired) electrons. The Kier molecular flexibility index (Phi) is 3.05. The molecule has 0 fully saturated rings. The largest absolute Gasteiger partial charge is 0.507 e. The van der Waals surface area contributed by atoms with Crippen LogP contribution >= 0.6 is 0 Å². The predicted molar refractivity (Wildman–Crippen MR) is 67.1 cm³/mol. The Morgan fingerprint density at radius 3 is 2.59 bits per heavy atom. The van der Waals surface area contributed by atoms with Gasteiger partial charge in [0, 0.05) is 10.8 Å². The monoisotopic (exact) mass is 226 g/mol. The molecule has 0 spiro atoms. The van der Waals surface area contributed by atoms with Crippen molar-refractivity contribution in [3.05, 3.63) is 35.9 Å². The highest BCUT2D eigenvalue weighted by molar-refractivity contribution is 6.25. The first-order valence-electron chi connectivity index (χ1n) is 5.21. The van der Waals surface area contributed by atoms with Gasteiger partial charge in [-0.25, -0.2) is 0 Å². The second-order valence-electron chi connectivity index (χ2n) is 3.65. The number of ketones is 1. The van der Waals surface area contributed by atoms with Gasteiger partial charge in [-0.15, -0.1) is 0 Å². The van der Waals surface area contributed by atoms with E-state index in [1.165, 1.54) is 13.2 Å². The molecule has 0 unspecified atom stereocenters. The summed E-state index contributed by atoms with van der Waals surface area (Å²) in [5.41, 5.74) is 0.197. The van der Waals surface area contributed by atoms with E-state index in [0.717, 1.165) is 5.39 Å². The van der Waals surface area contributed by atoms with Crippen LogP contribution in [0.2, 0.25) is 6.32 Å². The zero-order chi connectivity index (χ0) is 12.4. The SMILES string of the molecule is [B]CC(=O)c1cc(OC)c2ccccc2c1O. The van der Waals surface area contributed by atoms with Gasteiger partial charge in [0.05, 0.1) is 20.5 Å². The van der Waals surface area contributed by atoms with Crippen molar-refractivity contribution in [3.8, 4) is 11.5 Å². The summed E-state index contributed by atoms with van der Waals surface area (Å²) in [7, 11) is 6.83. The first-order chi connectivity index (χ1) is 8.19. The van der Waals surface area contributed by atoms with Crippen LogP contribution in [0.25, 0.3) is 10.8 Å². The van der Waals surface area contributed by atoms with E-state index in [1.807, 2.05) is 12.1 Å². The Balaban J connectivity index is 2.80. The average Bonchev–Trinajstić information content (AvgIpc) is 2.39. The molecule has 2 rings (SSSR count). The van der Waals surface area contributed by atoms with E-state index >= 15 is 0 Å². The Morgan fingerprint density at radius 1 is 1.35 bits per heavy atom. The molecule has 0 aromatic heterocycles. The van der Waals surface area contributed by atoms with Gasteiger partial charge in [0.2, 0.25) is 0 Å². The van der Waals surface area contributed by atoms with Crippen LogP contribution in [0.15, 0.2) is 30.3 Å². The molecule has 0 heterocycles. The minimum atomic E-state index is -0.313. The minimum absolute atomic E-state index is 0.0446. The van der Waals surface area contributed by atoms with Gasteiger partial charge in [-0.3, -0.25) is 4.79 Å². The number of Topliss-reactive ketones (excluding diaryl/α,β-unsaturated/α-hetero) is 1. The maximum atomic E-state index is 11.6. The lowest BCUT2D eigenvalue weighted by Gasteiger charge is -2.11. The topological polar surface area (TPSA) is 46.5 Å². The number of hydrogen-bond donors (Lipinski definition) is 1. The molecule has 0 aliphatic rings. The molecule has 0 saturated heterocycles. The van der Waals surface area contributed by atoms with Crippen molar-refractivity contribution in [2.75, 3.05) is 7.11 Å². The summed E-state index contributed by atoms with van der Waals surface area (Å²) >= 11 is 0. The Morgan fingerprint density at radius 2 is 2.00 bits per heavy atom. The molecule has 0 aliphatic carbocycles. The zero-order valence-corrected chi connectivity index (χ0v) is 9.43. The molecule has 0 saturated carbocycles. The van der Waals surface area contributed by atoms with Crippen LogP contribution in [0.1, 0.15) is 10.4 Å². The molecule has 0 bridgehead atoms. The molecule has 2 aromatic rings. The van der Waals surface area contributed by atoms with Gasteiger partial charge in [-0.1, -0.05) is 24.3 Å². The predicted octanol–water partition coefficient (Wildman–Crippen LogP) is 2.32. The third kappa shape index (κ3) is 1.86. The second-order valence-corrected chi connectivity index (χ2v) is 3.65. The maximum absolute atomic E-state index is 11.6. The maximum Gasteiger partial charge on any atom is 0.158 e. The highest BCUT2D eigenvalue weighted by Crippen LogP contribution is 2.36. The van der Waals surface area contributed by atoms with Crippen LogP contribution in [0.4, 0.5) is 0 Å². The van der Waals surface area contributed by atoms with Crippen LogP contribution in [-0.4, -0.2) is 25.8 Å². The van der Waals surface area contributed by atoms with Crippen molar-refractivity contribution >= 4 is 24.4 Å². The zero-order valence-electron chi connectivity index (χ0n) is 9.43. The molecule has 1 N–H and O–H groups in total. The minimum Gasteiger partial charge on any atom is -0.507 e. The summed E-state index contributed by atoms with van der Waals surface area (Å²) in [6.07, 6.45) is -0.144. The van der Waals surface area contributed by atoms with Gasteiger partial charge >= 0.3 is 0 Å². The van der Waals surface area contributed by atoms with Gasteiger partial charge in [-0.05, 0) is 12.4 Å². The number of carbonyl (C=O) groups excluding carboxylic acids is 1. The first-order valence-corrected chi connectivity index (χ1v) is 5.21. The Labute approximate surface area is 100 Å². The summed E-state index contributed by atoms with van der Waals surface area (Å²) in [6, 6.07) is 8.71. The number of carbonyl (C=O) groups is 1. The second kappa shape index (κ2) is 4.49. The summed E-state index contributed by atoms with van der Waals surface area (Å²) in [5.74, 6) is 0.193. The van der Waals surface area contributed by atoms with Crippen LogP contribution in [0.5, 0.6) is 11.5 Å². The molecular weight excluding hydrogens is 215 g/mol. The number of phenolic OH excluding ortho intramolecular Hbond substituents is 1. The first kappa shape index (κ1) is 11.5. The number of rotatable bonds is 3. The van der Waals surface area contributed by atoms with E-state index in [1.54, 1.807) is 12.1 Å². The lowest BCUT2D eigenvalue weighted by atomic mass is 9.93. The van der Waals surface area contributed by atoms with Crippen LogP contribution in [0.3, 0.4) is 0 Å². The van der Waals surface area contributed by atoms with Crippen molar-refractivity contribution in [3.63, 3.8) is 0 Å². The van der Waals surface area contributed by atoms with Crippen molar-refractivity contribution in [2.24, 2.45) is 0 Å². The third-order valence-corrected chi connectivity index (χ3v) is 2.68. The summed E-state index contributed by atoms with van der Waals surface area (Å²) in [4.78, 5) is 11.6. The number of aromatic hydroxyl groups is 1. The average molecular weight is 226 g/mol. The number of ether oxygens (including phenoxy) is 1. The fourth-order valence-electron chi connectivity index (χ4n) is 1.82. The van der Waals surface area contributed by atoms with Gasteiger partial charge in [0.1, 0.15) is 11.5 Å². The van der Waals surface area contributed by atoms with Crippen LogP contribution in [0, 0.1) is 0 Å². The number of phenols is 1. The lowest BCUT2D eigenvalue weighted by molar-refractivity contribution is 0.101. The highest BCUT2D eigenvalue weighted by atomic mass is 16.5. The van der Waals surface area contributed by atoms with Crippen molar-refractivity contribution < 1.29 is 14.6 Å². The number of hydrogen-bond acceptors (Lipinski definition) is 3. The normalized spacial score (nSPS) is 10.4. The van der Waals surface area contributed by atoms with Gasteiger partial charge < -0.3 is 9.84 Å². The highest BCUT2D eigenvalue weighted by Gasteiger charge is 2.15. The van der Waals surface area contributed by atoms with Crippen LogP contribution < -0.4 is 4.74 Å². The third-order valence-electron chi connectivity index (χ3n) is 2.68. The van der Waals surface area contributed by atoms with Gasteiger partial charge in [0.15, 0.2) is 5.78 Å². The molecular formula is C13H11BO3. The van der Waals surface area contributed by atoms with Crippen molar-refractivity contribution in [1.82, 2.24) is 0 Å². The summed E-state index contributed by atoms with van der Waals surface area (Å²) in [6.45, 7) is 0. The van der Waals surface area contributed by atoms with E-state index in [-0.39, 0.29) is 23.4 Å². The summed E-state index contributed by atoms with van der Waals surface area (Å²) < 4.78 is 5.21. The molecule has 0 atom stereocenters. The number of methoxy groups -OCH3 is 1. The van der Waals surface area contributed by atoms with Crippen molar-refractivity contribution in [2.45, 2.75) is 6.32 Å². The molecule has 84 valence electrons. The summed E-state index contributed by atoms with van der Waals surface area (Å²) in [5, 5.41) is 11.4.